The summed E-state index contributed by atoms with van der Waals surface area (Å²) in [6, 6.07) is 6.11. The van der Waals surface area contributed by atoms with E-state index in [1.54, 1.807) is 32.2 Å². The molecule has 112 valence electrons. The van der Waals surface area contributed by atoms with Gasteiger partial charge in [0.1, 0.15) is 5.82 Å². The predicted molar refractivity (Wildman–Crippen MR) is 84.7 cm³/mol. The second kappa shape index (κ2) is 6.83. The first-order chi connectivity index (χ1) is 10.0. The number of nitrogens with zero attached hydrogens (tertiary/aromatic N) is 1. The van der Waals surface area contributed by atoms with E-state index >= 15 is 0 Å². The molecular weight excluding hydrogens is 316 g/mol. The summed E-state index contributed by atoms with van der Waals surface area (Å²) in [6.45, 7) is 2.20. The molecule has 7 heteroatoms. The van der Waals surface area contributed by atoms with Crippen LogP contribution >= 0.6 is 23.2 Å². The summed E-state index contributed by atoms with van der Waals surface area (Å²) in [5.41, 5.74) is 0.509. The van der Waals surface area contributed by atoms with Crippen LogP contribution in [-0.4, -0.2) is 18.6 Å². The largest absolute Gasteiger partial charge is 0.491 e. The average Bonchev–Trinajstić information content (AvgIpc) is 2.45. The standard InChI is InChI=1S/C14H14Cl2FN3O/c1-3-21-12-5-4-8(6-11(12)17)19-14-10(16)7-9(15)13(18-2)20-14/h4-7H,3H2,1-2H3,(H2,18,19,20). The summed E-state index contributed by atoms with van der Waals surface area (Å²) in [7, 11) is 1.70. The van der Waals surface area contributed by atoms with E-state index in [0.717, 1.165) is 0 Å². The molecule has 0 aliphatic rings. The first kappa shape index (κ1) is 15.7. The summed E-state index contributed by atoms with van der Waals surface area (Å²) in [5, 5.41) is 6.55. The fourth-order valence-corrected chi connectivity index (χ4v) is 2.22. The van der Waals surface area contributed by atoms with Gasteiger partial charge in [0.05, 0.1) is 16.7 Å². The van der Waals surface area contributed by atoms with E-state index in [-0.39, 0.29) is 5.75 Å². The minimum atomic E-state index is -0.458. The molecule has 0 amide bonds. The third kappa shape index (κ3) is 3.68. The van der Waals surface area contributed by atoms with Crippen molar-refractivity contribution < 1.29 is 9.13 Å². The normalized spacial score (nSPS) is 10.3. The van der Waals surface area contributed by atoms with Crippen LogP contribution in [0.25, 0.3) is 0 Å². The number of pyridine rings is 1. The Morgan fingerprint density at radius 2 is 1.90 bits per heavy atom. The third-order valence-corrected chi connectivity index (χ3v) is 3.24. The Hall–Kier alpha value is -1.72. The molecular formula is C14H14Cl2FN3O. The zero-order valence-electron chi connectivity index (χ0n) is 11.5. The topological polar surface area (TPSA) is 46.2 Å². The molecule has 0 spiro atoms. The maximum absolute atomic E-state index is 13.8. The van der Waals surface area contributed by atoms with Gasteiger partial charge >= 0.3 is 0 Å². The van der Waals surface area contributed by atoms with Crippen LogP contribution in [-0.2, 0) is 0 Å². The molecule has 0 saturated heterocycles. The molecule has 2 N–H and O–H groups in total. The Balaban J connectivity index is 2.28. The predicted octanol–water partition coefficient (Wildman–Crippen LogP) is 4.71. The maximum Gasteiger partial charge on any atom is 0.167 e. The quantitative estimate of drug-likeness (QED) is 0.833. The van der Waals surface area contributed by atoms with Crippen molar-refractivity contribution in [1.82, 2.24) is 4.98 Å². The molecule has 21 heavy (non-hydrogen) atoms. The van der Waals surface area contributed by atoms with Crippen LogP contribution in [0, 0.1) is 5.82 Å². The molecule has 0 fully saturated rings. The van der Waals surface area contributed by atoms with Crippen LogP contribution in [0.3, 0.4) is 0 Å². The number of benzene rings is 1. The van der Waals surface area contributed by atoms with Gasteiger partial charge in [0.15, 0.2) is 17.4 Å². The van der Waals surface area contributed by atoms with E-state index in [2.05, 4.69) is 15.6 Å². The van der Waals surface area contributed by atoms with Gasteiger partial charge in [-0.25, -0.2) is 9.37 Å². The number of nitrogens with one attached hydrogen (secondary N) is 2. The third-order valence-electron chi connectivity index (χ3n) is 2.66. The van der Waals surface area contributed by atoms with Gasteiger partial charge in [-0.15, -0.1) is 0 Å². The van der Waals surface area contributed by atoms with Crippen LogP contribution in [0.4, 0.5) is 21.7 Å². The Morgan fingerprint density at radius 1 is 1.19 bits per heavy atom. The number of rotatable bonds is 5. The van der Waals surface area contributed by atoms with E-state index in [0.29, 0.717) is 34.0 Å². The van der Waals surface area contributed by atoms with Crippen molar-refractivity contribution in [3.8, 4) is 5.75 Å². The van der Waals surface area contributed by atoms with Crippen LogP contribution < -0.4 is 15.4 Å². The molecule has 0 aliphatic heterocycles. The summed E-state index contributed by atoms with van der Waals surface area (Å²) in [5.74, 6) is 0.610. The number of ether oxygens (including phenoxy) is 1. The van der Waals surface area contributed by atoms with Crippen molar-refractivity contribution in [2.75, 3.05) is 24.3 Å². The van der Waals surface area contributed by atoms with E-state index in [1.165, 1.54) is 6.07 Å². The van der Waals surface area contributed by atoms with Crippen molar-refractivity contribution in [2.45, 2.75) is 6.92 Å². The first-order valence-corrected chi connectivity index (χ1v) is 7.04. The number of halogens is 3. The number of hydrogen-bond acceptors (Lipinski definition) is 4. The lowest BCUT2D eigenvalue weighted by atomic mass is 10.3. The zero-order chi connectivity index (χ0) is 15.4. The van der Waals surface area contributed by atoms with Crippen molar-refractivity contribution in [3.05, 3.63) is 40.1 Å². The van der Waals surface area contributed by atoms with E-state index in [1.807, 2.05) is 0 Å². The molecule has 1 heterocycles. The lowest BCUT2D eigenvalue weighted by molar-refractivity contribution is 0.321. The van der Waals surface area contributed by atoms with Crippen molar-refractivity contribution in [2.24, 2.45) is 0 Å². The molecule has 0 unspecified atom stereocenters. The molecule has 1 aromatic carbocycles. The van der Waals surface area contributed by atoms with E-state index in [4.69, 9.17) is 27.9 Å². The molecule has 4 nitrogen and oxygen atoms in total. The summed E-state index contributed by atoms with van der Waals surface area (Å²) in [6.07, 6.45) is 0. The molecule has 0 bridgehead atoms. The minimum absolute atomic E-state index is 0.203. The Kier molecular flexibility index (Phi) is 5.09. The van der Waals surface area contributed by atoms with E-state index in [9.17, 15) is 4.39 Å². The van der Waals surface area contributed by atoms with Gasteiger partial charge in [-0.3, -0.25) is 0 Å². The van der Waals surface area contributed by atoms with Crippen molar-refractivity contribution in [3.63, 3.8) is 0 Å². The van der Waals surface area contributed by atoms with E-state index < -0.39 is 5.82 Å². The highest BCUT2D eigenvalue weighted by Crippen LogP contribution is 2.31. The maximum atomic E-state index is 13.8. The van der Waals surface area contributed by atoms with Gasteiger partial charge in [0.25, 0.3) is 0 Å². The smallest absolute Gasteiger partial charge is 0.167 e. The minimum Gasteiger partial charge on any atom is -0.491 e. The van der Waals surface area contributed by atoms with Gasteiger partial charge in [-0.1, -0.05) is 23.2 Å². The summed E-state index contributed by atoms with van der Waals surface area (Å²) < 4.78 is 18.9. The molecule has 2 aromatic rings. The van der Waals surface area contributed by atoms with Gasteiger partial charge < -0.3 is 15.4 Å². The van der Waals surface area contributed by atoms with Crippen LogP contribution in [0.2, 0.25) is 10.0 Å². The summed E-state index contributed by atoms with van der Waals surface area (Å²) in [4.78, 5) is 4.23. The molecule has 0 aliphatic carbocycles. The number of hydrogen-bond donors (Lipinski definition) is 2. The van der Waals surface area contributed by atoms with Crippen molar-refractivity contribution >= 4 is 40.5 Å². The van der Waals surface area contributed by atoms with Crippen LogP contribution in [0.1, 0.15) is 6.92 Å². The Labute approximate surface area is 132 Å². The second-order valence-electron chi connectivity index (χ2n) is 4.10. The number of aromatic nitrogens is 1. The lowest BCUT2D eigenvalue weighted by Crippen LogP contribution is -2.01. The van der Waals surface area contributed by atoms with Gasteiger partial charge in [-0.05, 0) is 25.1 Å². The molecule has 0 radical (unpaired) electrons. The second-order valence-corrected chi connectivity index (χ2v) is 4.92. The van der Waals surface area contributed by atoms with Gasteiger partial charge in [-0.2, -0.15) is 0 Å². The molecule has 1 aromatic heterocycles. The monoisotopic (exact) mass is 329 g/mol. The number of anilines is 3. The van der Waals surface area contributed by atoms with Crippen LogP contribution in [0.15, 0.2) is 24.3 Å². The molecule has 2 rings (SSSR count). The highest BCUT2D eigenvalue weighted by molar-refractivity contribution is 6.37. The fraction of sp³-hybridized carbons (Fsp3) is 0.214. The van der Waals surface area contributed by atoms with Gasteiger partial charge in [0.2, 0.25) is 0 Å². The first-order valence-electron chi connectivity index (χ1n) is 6.28. The van der Waals surface area contributed by atoms with Gasteiger partial charge in [0, 0.05) is 18.8 Å². The zero-order valence-corrected chi connectivity index (χ0v) is 13.0. The van der Waals surface area contributed by atoms with Crippen molar-refractivity contribution in [1.29, 1.82) is 0 Å². The molecule has 0 atom stereocenters. The Morgan fingerprint density at radius 3 is 2.52 bits per heavy atom. The summed E-state index contributed by atoms with van der Waals surface area (Å²) >= 11 is 12.0. The lowest BCUT2D eigenvalue weighted by Gasteiger charge is -2.12. The Bertz CT molecular complexity index is 652. The molecule has 0 saturated carbocycles. The fourth-order valence-electron chi connectivity index (χ4n) is 1.72. The SMILES string of the molecule is CCOc1ccc(Nc2nc(NC)c(Cl)cc2Cl)cc1F. The highest BCUT2D eigenvalue weighted by atomic mass is 35.5. The van der Waals surface area contributed by atoms with Crippen LogP contribution in [0.5, 0.6) is 5.75 Å². The average molecular weight is 330 g/mol. The highest BCUT2D eigenvalue weighted by Gasteiger charge is 2.10.